The largest absolute Gasteiger partial charge is 0.416 e. The van der Waals surface area contributed by atoms with Crippen LogP contribution >= 0.6 is 0 Å². The van der Waals surface area contributed by atoms with Crippen LogP contribution < -0.4 is 10.6 Å². The van der Waals surface area contributed by atoms with Crippen LogP contribution in [0, 0.1) is 0 Å². The summed E-state index contributed by atoms with van der Waals surface area (Å²) < 4.78 is 37.3. The van der Waals surface area contributed by atoms with Crippen molar-refractivity contribution in [1.82, 2.24) is 15.5 Å². The van der Waals surface area contributed by atoms with Crippen molar-refractivity contribution in [2.45, 2.75) is 12.3 Å². The number of nitrogens with zero attached hydrogens (tertiary/aromatic N) is 1. The highest BCUT2D eigenvalue weighted by Crippen LogP contribution is 2.29. The molecule has 0 saturated carbocycles. The molecule has 9 heteroatoms. The Bertz CT molecular complexity index is 559. The van der Waals surface area contributed by atoms with E-state index < -0.39 is 29.7 Å². The molecule has 0 radical (unpaired) electrons. The number of likely N-dealkylation sites (N-methyl/N-ethyl adjacent to an activating group) is 1. The van der Waals surface area contributed by atoms with E-state index in [2.05, 4.69) is 10.6 Å². The fraction of sp³-hybridized carbons (Fsp3) is 0.467. The first-order valence-electron chi connectivity index (χ1n) is 7.17. The van der Waals surface area contributed by atoms with Gasteiger partial charge in [0.25, 0.3) is 0 Å². The summed E-state index contributed by atoms with van der Waals surface area (Å²) in [5.74, 6) is -1.75. The molecule has 0 aliphatic carbocycles. The van der Waals surface area contributed by atoms with E-state index in [1.807, 2.05) is 19.0 Å². The summed E-state index contributed by atoms with van der Waals surface area (Å²) in [5.41, 5.74) is -0.626. The molecule has 2 amide bonds. The Morgan fingerprint density at radius 1 is 1.12 bits per heavy atom. The van der Waals surface area contributed by atoms with Gasteiger partial charge in [0, 0.05) is 19.6 Å². The van der Waals surface area contributed by atoms with Crippen molar-refractivity contribution in [2.24, 2.45) is 0 Å². The zero-order valence-corrected chi connectivity index (χ0v) is 13.4. The molecule has 134 valence electrons. The molecule has 0 heterocycles. The summed E-state index contributed by atoms with van der Waals surface area (Å²) in [7, 11) is 3.62. The lowest BCUT2D eigenvalue weighted by atomic mass is 10.1. The highest BCUT2D eigenvalue weighted by Gasteiger charge is 2.30. The van der Waals surface area contributed by atoms with Crippen molar-refractivity contribution in [3.05, 3.63) is 35.4 Å². The molecule has 0 spiro atoms. The minimum Gasteiger partial charge on any atom is -0.387 e. The summed E-state index contributed by atoms with van der Waals surface area (Å²) in [6.07, 6.45) is -5.67. The van der Waals surface area contributed by atoms with Gasteiger partial charge in [0.1, 0.15) is 0 Å². The van der Waals surface area contributed by atoms with Crippen molar-refractivity contribution in [2.75, 3.05) is 33.7 Å². The van der Waals surface area contributed by atoms with Gasteiger partial charge in [0.15, 0.2) is 0 Å². The van der Waals surface area contributed by atoms with Gasteiger partial charge in [0.2, 0.25) is 0 Å². The molecule has 6 nitrogen and oxygen atoms in total. The molecule has 0 fully saturated rings. The van der Waals surface area contributed by atoms with Crippen LogP contribution in [0.2, 0.25) is 0 Å². The van der Waals surface area contributed by atoms with E-state index in [4.69, 9.17) is 0 Å². The number of halogens is 3. The van der Waals surface area contributed by atoms with Crippen molar-refractivity contribution in [3.8, 4) is 0 Å². The second-order valence-electron chi connectivity index (χ2n) is 5.40. The molecule has 1 atom stereocenters. The maximum absolute atomic E-state index is 12.4. The van der Waals surface area contributed by atoms with Crippen LogP contribution in [0.5, 0.6) is 0 Å². The Morgan fingerprint density at radius 3 is 2.17 bits per heavy atom. The Labute approximate surface area is 137 Å². The Balaban J connectivity index is 2.46. The van der Waals surface area contributed by atoms with E-state index in [0.717, 1.165) is 24.3 Å². The standard InChI is InChI=1S/C15H20F3N3O3/c1-21(2)8-7-19-13(23)14(24)20-9-12(22)10-3-5-11(6-4-10)15(16,17)18/h3-6,12,22H,7-9H2,1-2H3,(H,19,23)(H,20,24). The molecule has 24 heavy (non-hydrogen) atoms. The van der Waals surface area contributed by atoms with Gasteiger partial charge in [-0.1, -0.05) is 12.1 Å². The van der Waals surface area contributed by atoms with Crippen LogP contribution in [-0.2, 0) is 15.8 Å². The van der Waals surface area contributed by atoms with Crippen LogP contribution in [0.15, 0.2) is 24.3 Å². The predicted molar refractivity (Wildman–Crippen MR) is 81.0 cm³/mol. The maximum Gasteiger partial charge on any atom is 0.416 e. The number of nitrogens with one attached hydrogen (secondary N) is 2. The molecule has 0 aliphatic rings. The Hall–Kier alpha value is -2.13. The van der Waals surface area contributed by atoms with Crippen LogP contribution in [-0.4, -0.2) is 55.6 Å². The van der Waals surface area contributed by atoms with Gasteiger partial charge in [-0.05, 0) is 31.8 Å². The molecular weight excluding hydrogens is 327 g/mol. The summed E-state index contributed by atoms with van der Waals surface area (Å²) >= 11 is 0. The minimum absolute atomic E-state index is 0.205. The summed E-state index contributed by atoms with van der Waals surface area (Å²) in [5, 5.41) is 14.5. The Kier molecular flexibility index (Phi) is 7.18. The number of alkyl halides is 3. The molecule has 1 unspecified atom stereocenters. The third-order valence-electron chi connectivity index (χ3n) is 3.13. The monoisotopic (exact) mass is 347 g/mol. The van der Waals surface area contributed by atoms with E-state index in [1.165, 1.54) is 0 Å². The molecule has 0 saturated heterocycles. The van der Waals surface area contributed by atoms with Gasteiger partial charge < -0.3 is 20.6 Å². The predicted octanol–water partition coefficient (Wildman–Crippen LogP) is 0.533. The number of hydrogen-bond acceptors (Lipinski definition) is 4. The number of aliphatic hydroxyl groups excluding tert-OH is 1. The second kappa shape index (κ2) is 8.65. The maximum atomic E-state index is 12.4. The molecule has 0 aliphatic heterocycles. The first-order valence-corrected chi connectivity index (χ1v) is 7.17. The quantitative estimate of drug-likeness (QED) is 0.656. The van der Waals surface area contributed by atoms with E-state index in [9.17, 15) is 27.9 Å². The van der Waals surface area contributed by atoms with Crippen LogP contribution in [0.3, 0.4) is 0 Å². The molecule has 1 aromatic carbocycles. The van der Waals surface area contributed by atoms with E-state index >= 15 is 0 Å². The average Bonchev–Trinajstić information content (AvgIpc) is 2.51. The molecule has 0 aromatic heterocycles. The Morgan fingerprint density at radius 2 is 1.67 bits per heavy atom. The molecule has 3 N–H and O–H groups in total. The number of carbonyl (C=O) groups excluding carboxylic acids is 2. The summed E-state index contributed by atoms with van der Waals surface area (Å²) in [4.78, 5) is 24.8. The van der Waals surface area contributed by atoms with Crippen LogP contribution in [0.25, 0.3) is 0 Å². The third-order valence-corrected chi connectivity index (χ3v) is 3.13. The molecule has 1 aromatic rings. The first kappa shape index (κ1) is 19.9. The highest BCUT2D eigenvalue weighted by atomic mass is 19.4. The minimum atomic E-state index is -4.46. The van der Waals surface area contributed by atoms with Gasteiger partial charge in [-0.2, -0.15) is 13.2 Å². The lowest BCUT2D eigenvalue weighted by molar-refractivity contribution is -0.139. The van der Waals surface area contributed by atoms with Crippen molar-refractivity contribution >= 4 is 11.8 Å². The lowest BCUT2D eigenvalue weighted by Crippen LogP contribution is -2.43. The van der Waals surface area contributed by atoms with Gasteiger partial charge in [-0.25, -0.2) is 0 Å². The van der Waals surface area contributed by atoms with Crippen molar-refractivity contribution in [3.63, 3.8) is 0 Å². The zero-order valence-electron chi connectivity index (χ0n) is 13.4. The van der Waals surface area contributed by atoms with Gasteiger partial charge in [-0.15, -0.1) is 0 Å². The van der Waals surface area contributed by atoms with Crippen LogP contribution in [0.1, 0.15) is 17.2 Å². The van der Waals surface area contributed by atoms with Gasteiger partial charge >= 0.3 is 18.0 Å². The third kappa shape index (κ3) is 6.55. The molecule has 0 bridgehead atoms. The van der Waals surface area contributed by atoms with E-state index in [-0.39, 0.29) is 12.1 Å². The van der Waals surface area contributed by atoms with E-state index in [1.54, 1.807) is 0 Å². The second-order valence-corrected chi connectivity index (χ2v) is 5.40. The number of hydrogen-bond donors (Lipinski definition) is 3. The molecular formula is C15H20F3N3O3. The fourth-order valence-electron chi connectivity index (χ4n) is 1.76. The first-order chi connectivity index (χ1) is 11.1. The van der Waals surface area contributed by atoms with Crippen LogP contribution in [0.4, 0.5) is 13.2 Å². The lowest BCUT2D eigenvalue weighted by Gasteiger charge is -2.14. The number of aliphatic hydroxyl groups is 1. The number of amides is 2. The average molecular weight is 347 g/mol. The van der Waals surface area contributed by atoms with Gasteiger partial charge in [0.05, 0.1) is 11.7 Å². The number of benzene rings is 1. The summed E-state index contributed by atoms with van der Waals surface area (Å²) in [6.45, 7) is 0.569. The number of rotatable bonds is 6. The topological polar surface area (TPSA) is 81.7 Å². The normalized spacial score (nSPS) is 12.8. The van der Waals surface area contributed by atoms with Crippen molar-refractivity contribution < 1.29 is 27.9 Å². The highest BCUT2D eigenvalue weighted by molar-refractivity contribution is 6.35. The van der Waals surface area contributed by atoms with E-state index in [0.29, 0.717) is 13.1 Å². The number of carbonyl (C=O) groups is 2. The SMILES string of the molecule is CN(C)CCNC(=O)C(=O)NCC(O)c1ccc(C(F)(F)F)cc1. The fourth-order valence-corrected chi connectivity index (χ4v) is 1.76. The summed E-state index contributed by atoms with van der Waals surface area (Å²) in [6, 6.07) is 3.93. The van der Waals surface area contributed by atoms with Crippen molar-refractivity contribution in [1.29, 1.82) is 0 Å². The smallest absolute Gasteiger partial charge is 0.387 e. The molecule has 1 rings (SSSR count). The zero-order chi connectivity index (χ0) is 18.3. The van der Waals surface area contributed by atoms with Gasteiger partial charge in [-0.3, -0.25) is 9.59 Å².